The number of carbonyl (C=O) groups is 2. The summed E-state index contributed by atoms with van der Waals surface area (Å²) >= 11 is 0. The van der Waals surface area contributed by atoms with E-state index in [9.17, 15) is 18.0 Å². The molecule has 0 aliphatic heterocycles. The van der Waals surface area contributed by atoms with E-state index in [1.54, 1.807) is 31.2 Å². The number of nitrogens with zero attached hydrogens (tertiary/aromatic N) is 2. The summed E-state index contributed by atoms with van der Waals surface area (Å²) in [6.07, 6.45) is 3.92. The molecule has 3 aromatic rings. The van der Waals surface area contributed by atoms with Gasteiger partial charge in [-0.05, 0) is 56.5 Å². The Kier molecular flexibility index (Phi) is 10.1. The Hall–Kier alpha value is -4.05. The molecule has 0 aromatic heterocycles. The van der Waals surface area contributed by atoms with Gasteiger partial charge in [0, 0.05) is 18.7 Å². The van der Waals surface area contributed by atoms with Crippen LogP contribution in [0.2, 0.25) is 0 Å². The molecule has 1 fully saturated rings. The molecule has 0 saturated heterocycles. The fraction of sp³-hybridized carbons (Fsp3) is 0.375. The van der Waals surface area contributed by atoms with E-state index in [4.69, 9.17) is 9.47 Å². The number of rotatable bonds is 12. The Morgan fingerprint density at radius 3 is 2.24 bits per heavy atom. The minimum atomic E-state index is -4.24. The highest BCUT2D eigenvalue weighted by molar-refractivity contribution is 7.92. The number of amides is 2. The minimum absolute atomic E-state index is 0.0207. The van der Waals surface area contributed by atoms with E-state index < -0.39 is 28.5 Å². The number of benzene rings is 3. The number of aryl methyl sites for hydroxylation is 1. The van der Waals surface area contributed by atoms with Crippen molar-refractivity contribution in [2.24, 2.45) is 0 Å². The van der Waals surface area contributed by atoms with Crippen LogP contribution in [0.25, 0.3) is 0 Å². The van der Waals surface area contributed by atoms with Gasteiger partial charge < -0.3 is 19.7 Å². The van der Waals surface area contributed by atoms with Crippen molar-refractivity contribution in [1.29, 1.82) is 0 Å². The van der Waals surface area contributed by atoms with E-state index in [1.165, 1.54) is 37.3 Å². The first-order chi connectivity index (χ1) is 20.1. The van der Waals surface area contributed by atoms with Crippen molar-refractivity contribution in [3.63, 3.8) is 0 Å². The summed E-state index contributed by atoms with van der Waals surface area (Å²) in [6, 6.07) is 19.7. The molecule has 10 heteroatoms. The topological polar surface area (TPSA) is 105 Å². The number of carbonyl (C=O) groups excluding carboxylic acids is 2. The maximum absolute atomic E-state index is 14.2. The van der Waals surface area contributed by atoms with Gasteiger partial charge in [-0.15, -0.1) is 0 Å². The summed E-state index contributed by atoms with van der Waals surface area (Å²) in [6.45, 7) is 3.11. The average Bonchev–Trinajstić information content (AvgIpc) is 3.51. The number of hydrogen-bond donors (Lipinski definition) is 1. The van der Waals surface area contributed by atoms with Crippen molar-refractivity contribution >= 4 is 27.5 Å². The standard InChI is InChI=1S/C32H39N3O6S/c1-23-14-17-28(18-15-23)42(38,39)35(29-20-27(40-3)16-19-30(29)41-4)22-31(36)34(21-25-10-6-5-7-11-25)24(2)32(37)33-26-12-8-9-13-26/h5-7,10-11,14-20,24,26H,8-9,12-13,21-22H2,1-4H3,(H,33,37). The molecule has 4 rings (SSSR count). The van der Waals surface area contributed by atoms with Crippen LogP contribution in [0.15, 0.2) is 77.7 Å². The molecule has 1 aliphatic carbocycles. The molecule has 1 saturated carbocycles. The minimum Gasteiger partial charge on any atom is -0.497 e. The lowest BCUT2D eigenvalue weighted by molar-refractivity contribution is -0.139. The Morgan fingerprint density at radius 2 is 1.62 bits per heavy atom. The van der Waals surface area contributed by atoms with Crippen LogP contribution in [0.1, 0.15) is 43.7 Å². The number of nitrogens with one attached hydrogen (secondary N) is 1. The zero-order valence-electron chi connectivity index (χ0n) is 24.6. The highest BCUT2D eigenvalue weighted by atomic mass is 32.2. The largest absolute Gasteiger partial charge is 0.497 e. The molecule has 1 aliphatic rings. The lowest BCUT2D eigenvalue weighted by Crippen LogP contribution is -2.52. The van der Waals surface area contributed by atoms with E-state index in [2.05, 4.69) is 5.32 Å². The highest BCUT2D eigenvalue weighted by Crippen LogP contribution is 2.36. The third kappa shape index (κ3) is 7.23. The normalized spacial score (nSPS) is 14.2. The smallest absolute Gasteiger partial charge is 0.264 e. The maximum Gasteiger partial charge on any atom is 0.264 e. The van der Waals surface area contributed by atoms with Crippen molar-refractivity contribution in [2.75, 3.05) is 25.1 Å². The molecule has 0 radical (unpaired) electrons. The van der Waals surface area contributed by atoms with Gasteiger partial charge in [-0.25, -0.2) is 8.42 Å². The van der Waals surface area contributed by atoms with Crippen molar-refractivity contribution in [2.45, 2.75) is 63.1 Å². The second-order valence-corrected chi connectivity index (χ2v) is 12.4. The predicted molar refractivity (Wildman–Crippen MR) is 162 cm³/mol. The molecule has 3 aromatic carbocycles. The van der Waals surface area contributed by atoms with Crippen LogP contribution in [0, 0.1) is 6.92 Å². The van der Waals surface area contributed by atoms with Crippen LogP contribution in [0.3, 0.4) is 0 Å². The predicted octanol–water partition coefficient (Wildman–Crippen LogP) is 4.68. The van der Waals surface area contributed by atoms with Gasteiger partial charge in [0.1, 0.15) is 24.1 Å². The van der Waals surface area contributed by atoms with Gasteiger partial charge >= 0.3 is 0 Å². The Bertz CT molecular complexity index is 1470. The second kappa shape index (κ2) is 13.7. The van der Waals surface area contributed by atoms with Crippen molar-refractivity contribution in [3.8, 4) is 11.5 Å². The first-order valence-electron chi connectivity index (χ1n) is 14.1. The van der Waals surface area contributed by atoms with Crippen molar-refractivity contribution in [1.82, 2.24) is 10.2 Å². The summed E-state index contributed by atoms with van der Waals surface area (Å²) in [5.74, 6) is -0.153. The Balaban J connectivity index is 1.74. The van der Waals surface area contributed by atoms with Crippen LogP contribution < -0.4 is 19.1 Å². The van der Waals surface area contributed by atoms with E-state index >= 15 is 0 Å². The van der Waals surface area contributed by atoms with Gasteiger partial charge in [-0.3, -0.25) is 13.9 Å². The number of anilines is 1. The summed E-state index contributed by atoms with van der Waals surface area (Å²) in [5, 5.41) is 3.08. The van der Waals surface area contributed by atoms with Crippen molar-refractivity contribution < 1.29 is 27.5 Å². The zero-order valence-corrected chi connectivity index (χ0v) is 25.4. The van der Waals surface area contributed by atoms with E-state index in [1.807, 2.05) is 37.3 Å². The fourth-order valence-corrected chi connectivity index (χ4v) is 6.51. The van der Waals surface area contributed by atoms with Crippen LogP contribution in [0.5, 0.6) is 11.5 Å². The summed E-state index contributed by atoms with van der Waals surface area (Å²) < 4.78 is 40.2. The second-order valence-electron chi connectivity index (χ2n) is 10.5. The van der Waals surface area contributed by atoms with E-state index in [0.29, 0.717) is 5.75 Å². The molecule has 9 nitrogen and oxygen atoms in total. The SMILES string of the molecule is COc1ccc(OC)c(N(CC(=O)N(Cc2ccccc2)C(C)C(=O)NC2CCCC2)S(=O)(=O)c2ccc(C)cc2)c1. The average molecular weight is 594 g/mol. The number of hydrogen-bond acceptors (Lipinski definition) is 6. The third-order valence-corrected chi connectivity index (χ3v) is 9.38. The monoisotopic (exact) mass is 593 g/mol. The molecule has 42 heavy (non-hydrogen) atoms. The molecule has 224 valence electrons. The van der Waals surface area contributed by atoms with Crippen LogP contribution >= 0.6 is 0 Å². The highest BCUT2D eigenvalue weighted by Gasteiger charge is 2.34. The zero-order chi connectivity index (χ0) is 30.3. The van der Waals surface area contributed by atoms with Crippen LogP contribution in [0.4, 0.5) is 5.69 Å². The molecule has 0 bridgehead atoms. The third-order valence-electron chi connectivity index (χ3n) is 7.61. The summed E-state index contributed by atoms with van der Waals surface area (Å²) in [5.41, 5.74) is 1.86. The Labute approximate surface area is 248 Å². The molecule has 0 spiro atoms. The van der Waals surface area contributed by atoms with Crippen molar-refractivity contribution in [3.05, 3.63) is 83.9 Å². The van der Waals surface area contributed by atoms with Gasteiger partial charge in [0.2, 0.25) is 11.8 Å². The first-order valence-corrected chi connectivity index (χ1v) is 15.5. The van der Waals surface area contributed by atoms with Crippen LogP contribution in [-0.2, 0) is 26.2 Å². The maximum atomic E-state index is 14.2. The molecular formula is C32H39N3O6S. The molecule has 1 atom stereocenters. The van der Waals surface area contributed by atoms with E-state index in [-0.39, 0.29) is 34.8 Å². The lowest BCUT2D eigenvalue weighted by atomic mass is 10.1. The van der Waals surface area contributed by atoms with Gasteiger partial charge in [0.25, 0.3) is 10.0 Å². The summed E-state index contributed by atoms with van der Waals surface area (Å²) in [7, 11) is -1.34. The van der Waals surface area contributed by atoms with Gasteiger partial charge in [-0.1, -0.05) is 60.9 Å². The molecular weight excluding hydrogens is 554 g/mol. The van der Waals surface area contributed by atoms with E-state index in [0.717, 1.165) is 41.1 Å². The van der Waals surface area contributed by atoms with Gasteiger partial charge in [-0.2, -0.15) is 0 Å². The van der Waals surface area contributed by atoms with Crippen LogP contribution in [-0.4, -0.2) is 58.0 Å². The summed E-state index contributed by atoms with van der Waals surface area (Å²) in [4.78, 5) is 29.0. The first kappa shape index (κ1) is 30.9. The molecule has 0 heterocycles. The Morgan fingerprint density at radius 1 is 0.952 bits per heavy atom. The number of sulfonamides is 1. The molecule has 2 amide bonds. The quantitative estimate of drug-likeness (QED) is 0.327. The van der Waals surface area contributed by atoms with Gasteiger partial charge in [0.15, 0.2) is 0 Å². The fourth-order valence-electron chi connectivity index (χ4n) is 5.10. The number of ether oxygens (including phenoxy) is 2. The van der Waals surface area contributed by atoms with Gasteiger partial charge in [0.05, 0.1) is 24.8 Å². The lowest BCUT2D eigenvalue weighted by Gasteiger charge is -2.33. The number of methoxy groups -OCH3 is 2. The molecule has 1 unspecified atom stereocenters. The molecule has 1 N–H and O–H groups in total.